The third-order valence-corrected chi connectivity index (χ3v) is 4.92. The van der Waals surface area contributed by atoms with Gasteiger partial charge in [0.1, 0.15) is 25.1 Å². The first-order valence-corrected chi connectivity index (χ1v) is 9.03. The van der Waals surface area contributed by atoms with Gasteiger partial charge in [-0.15, -0.1) is 0 Å². The average Bonchev–Trinajstić information content (AvgIpc) is 2.69. The number of ether oxygens (including phenoxy) is 2. The number of aromatic nitrogens is 1. The van der Waals surface area contributed by atoms with E-state index in [1.807, 2.05) is 18.2 Å². The summed E-state index contributed by atoms with van der Waals surface area (Å²) in [6.45, 7) is 5.36. The molecule has 26 heavy (non-hydrogen) atoms. The Morgan fingerprint density at radius 1 is 1.15 bits per heavy atom. The van der Waals surface area contributed by atoms with E-state index < -0.39 is 0 Å². The summed E-state index contributed by atoms with van der Waals surface area (Å²) < 4.78 is 11.2. The van der Waals surface area contributed by atoms with Crippen molar-refractivity contribution in [2.24, 2.45) is 0 Å². The van der Waals surface area contributed by atoms with E-state index in [-0.39, 0.29) is 0 Å². The van der Waals surface area contributed by atoms with Crippen LogP contribution in [0.4, 0.5) is 5.82 Å². The third-order valence-electron chi connectivity index (χ3n) is 4.64. The molecule has 0 saturated carbocycles. The van der Waals surface area contributed by atoms with E-state index in [4.69, 9.17) is 21.1 Å². The fourth-order valence-electron chi connectivity index (χ4n) is 3.37. The molecule has 1 saturated heterocycles. The highest BCUT2D eigenvalue weighted by Crippen LogP contribution is 2.38. The van der Waals surface area contributed by atoms with Crippen LogP contribution >= 0.6 is 11.6 Å². The van der Waals surface area contributed by atoms with Crippen molar-refractivity contribution < 1.29 is 9.47 Å². The smallest absolute Gasteiger partial charge is 0.179 e. The van der Waals surface area contributed by atoms with Gasteiger partial charge in [0.2, 0.25) is 0 Å². The van der Waals surface area contributed by atoms with Gasteiger partial charge in [0, 0.05) is 38.9 Å². The van der Waals surface area contributed by atoms with Crippen molar-refractivity contribution in [3.05, 3.63) is 46.6 Å². The minimum Gasteiger partial charge on any atom is -0.486 e. The molecular formula is C19H19ClN4O2. The lowest BCUT2D eigenvalue weighted by molar-refractivity contribution is 0.171. The van der Waals surface area contributed by atoms with Gasteiger partial charge in [-0.25, -0.2) is 4.98 Å². The molecule has 0 aliphatic carbocycles. The second-order valence-corrected chi connectivity index (χ2v) is 6.76. The number of hydrogen-bond acceptors (Lipinski definition) is 6. The van der Waals surface area contributed by atoms with Crippen molar-refractivity contribution in [3.8, 4) is 17.6 Å². The van der Waals surface area contributed by atoms with Crippen LogP contribution < -0.4 is 14.4 Å². The van der Waals surface area contributed by atoms with Gasteiger partial charge in [0.15, 0.2) is 11.5 Å². The fraction of sp³-hybridized carbons (Fsp3) is 0.368. The molecule has 0 radical (unpaired) electrons. The van der Waals surface area contributed by atoms with Crippen molar-refractivity contribution in [1.82, 2.24) is 9.88 Å². The summed E-state index contributed by atoms with van der Waals surface area (Å²) in [5.74, 6) is 2.15. The van der Waals surface area contributed by atoms with E-state index in [0.29, 0.717) is 29.5 Å². The molecule has 134 valence electrons. The largest absolute Gasteiger partial charge is 0.486 e. The van der Waals surface area contributed by atoms with Crippen LogP contribution in [-0.4, -0.2) is 49.3 Å². The maximum atomic E-state index is 9.26. The SMILES string of the molecule is N#Cc1cccnc1N1CCN(Cc2cc(Cl)c3c(c2)OCCO3)CC1. The summed E-state index contributed by atoms with van der Waals surface area (Å²) in [5, 5.41) is 9.86. The molecule has 1 aromatic carbocycles. The first-order chi connectivity index (χ1) is 12.7. The topological polar surface area (TPSA) is 61.6 Å². The molecule has 0 bridgehead atoms. The molecule has 1 aromatic heterocycles. The zero-order valence-corrected chi connectivity index (χ0v) is 15.1. The van der Waals surface area contributed by atoms with E-state index in [0.717, 1.165) is 49.9 Å². The Morgan fingerprint density at radius 2 is 1.96 bits per heavy atom. The summed E-state index contributed by atoms with van der Waals surface area (Å²) >= 11 is 6.33. The zero-order valence-electron chi connectivity index (χ0n) is 14.3. The zero-order chi connectivity index (χ0) is 17.9. The van der Waals surface area contributed by atoms with Gasteiger partial charge in [-0.3, -0.25) is 4.90 Å². The second-order valence-electron chi connectivity index (χ2n) is 6.35. The molecule has 2 aliphatic rings. The monoisotopic (exact) mass is 370 g/mol. The Hall–Kier alpha value is -2.49. The fourth-order valence-corrected chi connectivity index (χ4v) is 3.66. The number of hydrogen-bond donors (Lipinski definition) is 0. The van der Waals surface area contributed by atoms with E-state index in [9.17, 15) is 5.26 Å². The Kier molecular flexibility index (Phi) is 4.83. The predicted octanol–water partition coefficient (Wildman–Crippen LogP) is 2.70. The van der Waals surface area contributed by atoms with E-state index >= 15 is 0 Å². The van der Waals surface area contributed by atoms with Crippen molar-refractivity contribution >= 4 is 17.4 Å². The summed E-state index contributed by atoms with van der Waals surface area (Å²) in [5.41, 5.74) is 1.74. The number of fused-ring (bicyclic) bond motifs is 1. The van der Waals surface area contributed by atoms with Crippen molar-refractivity contribution in [2.75, 3.05) is 44.3 Å². The Bertz CT molecular complexity index is 844. The highest BCUT2D eigenvalue weighted by molar-refractivity contribution is 6.32. The standard InChI is InChI=1S/C19H19ClN4O2/c20-16-10-14(11-17-18(16)26-9-8-25-17)13-23-4-6-24(7-5-23)19-15(12-21)2-1-3-22-19/h1-3,10-11H,4-9,13H2. The molecule has 6 nitrogen and oxygen atoms in total. The number of nitriles is 1. The molecule has 0 amide bonds. The molecule has 2 aliphatic heterocycles. The Balaban J connectivity index is 1.41. The third kappa shape index (κ3) is 3.41. The van der Waals surface area contributed by atoms with Crippen LogP contribution in [0.25, 0.3) is 0 Å². The van der Waals surface area contributed by atoms with Crippen LogP contribution in [0.3, 0.4) is 0 Å². The van der Waals surface area contributed by atoms with Crippen molar-refractivity contribution in [2.45, 2.75) is 6.54 Å². The molecule has 3 heterocycles. The predicted molar refractivity (Wildman–Crippen MR) is 98.9 cm³/mol. The molecule has 0 atom stereocenters. The van der Waals surface area contributed by atoms with Crippen LogP contribution in [0, 0.1) is 11.3 Å². The number of nitrogens with zero attached hydrogens (tertiary/aromatic N) is 4. The maximum absolute atomic E-state index is 9.26. The minimum absolute atomic E-state index is 0.534. The van der Waals surface area contributed by atoms with Gasteiger partial charge in [0.05, 0.1) is 10.6 Å². The van der Waals surface area contributed by atoms with Crippen LogP contribution in [0.15, 0.2) is 30.5 Å². The number of benzene rings is 1. The summed E-state index contributed by atoms with van der Waals surface area (Å²) in [4.78, 5) is 8.92. The van der Waals surface area contributed by atoms with Crippen LogP contribution in [0.1, 0.15) is 11.1 Å². The van der Waals surface area contributed by atoms with Gasteiger partial charge >= 0.3 is 0 Å². The molecule has 0 N–H and O–H groups in total. The number of piperazine rings is 1. The number of halogens is 1. The lowest BCUT2D eigenvalue weighted by Gasteiger charge is -2.35. The lowest BCUT2D eigenvalue weighted by Crippen LogP contribution is -2.46. The Morgan fingerprint density at radius 3 is 2.77 bits per heavy atom. The van der Waals surface area contributed by atoms with Crippen LogP contribution in [-0.2, 0) is 6.54 Å². The van der Waals surface area contributed by atoms with E-state index in [1.165, 1.54) is 0 Å². The second kappa shape index (κ2) is 7.40. The first-order valence-electron chi connectivity index (χ1n) is 8.65. The highest BCUT2D eigenvalue weighted by Gasteiger charge is 2.22. The molecule has 7 heteroatoms. The van der Waals surface area contributed by atoms with E-state index in [1.54, 1.807) is 12.3 Å². The van der Waals surface area contributed by atoms with Gasteiger partial charge in [0.25, 0.3) is 0 Å². The van der Waals surface area contributed by atoms with Gasteiger partial charge in [-0.1, -0.05) is 11.6 Å². The summed E-state index contributed by atoms with van der Waals surface area (Å²) in [7, 11) is 0. The van der Waals surface area contributed by atoms with Gasteiger partial charge < -0.3 is 14.4 Å². The molecule has 4 rings (SSSR count). The molecule has 0 spiro atoms. The highest BCUT2D eigenvalue weighted by atomic mass is 35.5. The van der Waals surface area contributed by atoms with Gasteiger partial charge in [-0.05, 0) is 29.8 Å². The summed E-state index contributed by atoms with van der Waals surface area (Å²) in [6, 6.07) is 9.79. The number of anilines is 1. The molecule has 0 unspecified atom stereocenters. The normalized spacial score (nSPS) is 17.0. The van der Waals surface area contributed by atoms with Gasteiger partial charge in [-0.2, -0.15) is 5.26 Å². The van der Waals surface area contributed by atoms with E-state index in [2.05, 4.69) is 20.9 Å². The average molecular weight is 371 g/mol. The first kappa shape index (κ1) is 17.0. The number of pyridine rings is 1. The van der Waals surface area contributed by atoms with Crippen molar-refractivity contribution in [1.29, 1.82) is 5.26 Å². The van der Waals surface area contributed by atoms with Crippen molar-refractivity contribution in [3.63, 3.8) is 0 Å². The number of rotatable bonds is 3. The minimum atomic E-state index is 0.534. The molecular weight excluding hydrogens is 352 g/mol. The van der Waals surface area contributed by atoms with Crippen LogP contribution in [0.5, 0.6) is 11.5 Å². The van der Waals surface area contributed by atoms with Crippen LogP contribution in [0.2, 0.25) is 5.02 Å². The molecule has 1 fully saturated rings. The lowest BCUT2D eigenvalue weighted by atomic mass is 10.1. The summed E-state index contributed by atoms with van der Waals surface area (Å²) in [6.07, 6.45) is 1.74. The Labute approximate surface area is 157 Å². The quantitative estimate of drug-likeness (QED) is 0.827. The molecule has 2 aromatic rings. The maximum Gasteiger partial charge on any atom is 0.179 e.